The Kier molecular flexibility index (Phi) is 6.61. The van der Waals surface area contributed by atoms with Gasteiger partial charge in [0.05, 0.1) is 11.4 Å². The van der Waals surface area contributed by atoms with E-state index in [2.05, 4.69) is 181 Å². The lowest BCUT2D eigenvalue weighted by atomic mass is 9.96. The van der Waals surface area contributed by atoms with Crippen LogP contribution >= 0.6 is 22.7 Å². The molecule has 0 aliphatic heterocycles. The van der Waals surface area contributed by atoms with Crippen LogP contribution in [0.5, 0.6) is 0 Å². The van der Waals surface area contributed by atoms with Crippen molar-refractivity contribution < 1.29 is 0 Å². The van der Waals surface area contributed by atoms with Gasteiger partial charge < -0.3 is 4.90 Å². The summed E-state index contributed by atoms with van der Waals surface area (Å²) in [6.07, 6.45) is 0. The molecule has 230 valence electrons. The summed E-state index contributed by atoms with van der Waals surface area (Å²) >= 11 is 3.73. The van der Waals surface area contributed by atoms with Gasteiger partial charge in [-0.25, -0.2) is 0 Å². The number of anilines is 3. The molecule has 0 atom stereocenters. The second-order valence-corrected chi connectivity index (χ2v) is 14.7. The normalized spacial score (nSPS) is 11.7. The second-order valence-electron chi connectivity index (χ2n) is 12.5. The molecule has 10 rings (SSSR count). The summed E-state index contributed by atoms with van der Waals surface area (Å²) in [5.41, 5.74) is 8.34. The molecule has 0 fully saturated rings. The van der Waals surface area contributed by atoms with Crippen LogP contribution in [0.4, 0.5) is 17.1 Å². The molecular weight excluding hydrogens is 631 g/mol. The molecule has 0 aliphatic rings. The van der Waals surface area contributed by atoms with Crippen molar-refractivity contribution in [3.8, 4) is 22.3 Å². The molecule has 49 heavy (non-hydrogen) atoms. The molecule has 2 aromatic heterocycles. The lowest BCUT2D eigenvalue weighted by Gasteiger charge is -2.29. The molecule has 0 unspecified atom stereocenters. The van der Waals surface area contributed by atoms with Gasteiger partial charge in [-0.1, -0.05) is 121 Å². The summed E-state index contributed by atoms with van der Waals surface area (Å²) in [6, 6.07) is 64.5. The number of rotatable bonds is 5. The Labute approximate surface area is 292 Å². The van der Waals surface area contributed by atoms with Crippen LogP contribution in [-0.4, -0.2) is 0 Å². The van der Waals surface area contributed by atoms with Crippen LogP contribution in [0.15, 0.2) is 176 Å². The van der Waals surface area contributed by atoms with Gasteiger partial charge in [0.25, 0.3) is 0 Å². The molecule has 0 saturated carbocycles. The van der Waals surface area contributed by atoms with Crippen molar-refractivity contribution in [1.29, 1.82) is 0 Å². The van der Waals surface area contributed by atoms with Crippen LogP contribution < -0.4 is 4.90 Å². The van der Waals surface area contributed by atoms with E-state index in [1.54, 1.807) is 0 Å². The predicted molar refractivity (Wildman–Crippen MR) is 215 cm³/mol. The topological polar surface area (TPSA) is 3.24 Å². The van der Waals surface area contributed by atoms with Crippen molar-refractivity contribution in [2.75, 3.05) is 4.90 Å². The smallest absolute Gasteiger partial charge is 0.0540 e. The van der Waals surface area contributed by atoms with Crippen LogP contribution in [0.2, 0.25) is 0 Å². The number of hydrogen-bond acceptors (Lipinski definition) is 3. The van der Waals surface area contributed by atoms with E-state index in [0.29, 0.717) is 0 Å². The van der Waals surface area contributed by atoms with Gasteiger partial charge in [-0.05, 0) is 76.7 Å². The van der Waals surface area contributed by atoms with Crippen LogP contribution in [0.1, 0.15) is 0 Å². The van der Waals surface area contributed by atoms with Crippen molar-refractivity contribution in [3.05, 3.63) is 176 Å². The zero-order valence-corrected chi connectivity index (χ0v) is 28.1. The highest BCUT2D eigenvalue weighted by molar-refractivity contribution is 7.26. The van der Waals surface area contributed by atoms with E-state index in [1.807, 2.05) is 22.7 Å². The molecule has 0 radical (unpaired) electrons. The summed E-state index contributed by atoms with van der Waals surface area (Å²) < 4.78 is 5.29. The third-order valence-corrected chi connectivity index (χ3v) is 12.0. The maximum absolute atomic E-state index is 2.45. The maximum atomic E-state index is 2.45. The monoisotopic (exact) mass is 659 g/mol. The Bertz CT molecular complexity index is 2830. The fourth-order valence-corrected chi connectivity index (χ4v) is 9.63. The molecule has 0 aliphatic carbocycles. The van der Waals surface area contributed by atoms with Crippen molar-refractivity contribution in [2.45, 2.75) is 0 Å². The van der Waals surface area contributed by atoms with Crippen molar-refractivity contribution in [2.24, 2.45) is 0 Å². The van der Waals surface area contributed by atoms with Crippen LogP contribution in [0.3, 0.4) is 0 Å². The first-order valence-corrected chi connectivity index (χ1v) is 18.2. The largest absolute Gasteiger partial charge is 0.309 e. The zero-order chi connectivity index (χ0) is 32.3. The lowest BCUT2D eigenvalue weighted by molar-refractivity contribution is 1.30. The zero-order valence-electron chi connectivity index (χ0n) is 26.5. The Morgan fingerprint density at radius 1 is 0.347 bits per heavy atom. The quantitative estimate of drug-likeness (QED) is 0.178. The van der Waals surface area contributed by atoms with Crippen LogP contribution in [-0.2, 0) is 0 Å². The Balaban J connectivity index is 1.17. The van der Waals surface area contributed by atoms with E-state index < -0.39 is 0 Å². The fraction of sp³-hybridized carbons (Fsp3) is 0. The van der Waals surface area contributed by atoms with Gasteiger partial charge in [-0.3, -0.25) is 0 Å². The van der Waals surface area contributed by atoms with Gasteiger partial charge in [-0.15, -0.1) is 22.7 Å². The SMILES string of the molecule is c1ccc(N(c2ccc(-c3ccc4sc5ccccc5c4c3)cc2)c2cccc3ccccc23)c(-c2cccc3sc4ccccc4c23)c1. The summed E-state index contributed by atoms with van der Waals surface area (Å²) in [4.78, 5) is 2.45. The number of thiophene rings is 2. The van der Waals surface area contributed by atoms with Gasteiger partial charge in [0, 0.05) is 57.0 Å². The van der Waals surface area contributed by atoms with Gasteiger partial charge in [0.15, 0.2) is 0 Å². The van der Waals surface area contributed by atoms with Crippen LogP contribution in [0, 0.1) is 0 Å². The average Bonchev–Trinajstić information content (AvgIpc) is 3.74. The molecular formula is C46H29NS2. The minimum atomic E-state index is 1.12. The first kappa shape index (κ1) is 28.3. The number of nitrogens with zero attached hydrogens (tertiary/aromatic N) is 1. The van der Waals surface area contributed by atoms with E-state index in [9.17, 15) is 0 Å². The first-order valence-electron chi connectivity index (χ1n) is 16.6. The summed E-state index contributed by atoms with van der Waals surface area (Å²) in [7, 11) is 0. The van der Waals surface area contributed by atoms with E-state index >= 15 is 0 Å². The summed E-state index contributed by atoms with van der Waals surface area (Å²) in [5, 5.41) is 7.72. The number of fused-ring (bicyclic) bond motifs is 7. The molecule has 3 heteroatoms. The predicted octanol–water partition coefficient (Wildman–Crippen LogP) is 14.4. The van der Waals surface area contributed by atoms with E-state index in [4.69, 9.17) is 0 Å². The Hall–Kier alpha value is -5.74. The van der Waals surface area contributed by atoms with Gasteiger partial charge >= 0.3 is 0 Å². The van der Waals surface area contributed by atoms with E-state index in [1.165, 1.54) is 73.4 Å². The Morgan fingerprint density at radius 3 is 1.80 bits per heavy atom. The summed E-state index contributed by atoms with van der Waals surface area (Å²) in [5.74, 6) is 0. The molecule has 0 N–H and O–H groups in total. The summed E-state index contributed by atoms with van der Waals surface area (Å²) in [6.45, 7) is 0. The van der Waals surface area contributed by atoms with Crippen molar-refractivity contribution >= 4 is 90.9 Å². The highest BCUT2D eigenvalue weighted by Gasteiger charge is 2.21. The molecule has 0 spiro atoms. The second kappa shape index (κ2) is 11.5. The Morgan fingerprint density at radius 2 is 0.918 bits per heavy atom. The molecule has 8 aromatic carbocycles. The maximum Gasteiger partial charge on any atom is 0.0540 e. The van der Waals surface area contributed by atoms with Gasteiger partial charge in [0.1, 0.15) is 0 Å². The standard InChI is InChI=1S/C46H29NS2/c1-2-13-34-31(11-1)12-9-19-40(34)47(33-26-23-30(24-27-33)32-25-28-44-39(29-32)36-15-4-7-20-42(36)48-44)41-18-6-3-14-35(41)37-17-10-22-45-46(37)38-16-5-8-21-43(38)49-45/h1-29H. The molecule has 1 nitrogen and oxygen atoms in total. The third kappa shape index (κ3) is 4.66. The third-order valence-electron chi connectivity index (χ3n) is 9.68. The number of benzene rings is 8. The van der Waals surface area contributed by atoms with E-state index in [0.717, 1.165) is 17.1 Å². The van der Waals surface area contributed by atoms with Crippen molar-refractivity contribution in [1.82, 2.24) is 0 Å². The number of para-hydroxylation sites is 1. The molecule has 0 saturated heterocycles. The average molecular weight is 660 g/mol. The number of hydrogen-bond donors (Lipinski definition) is 0. The first-order chi connectivity index (χ1) is 24.3. The minimum Gasteiger partial charge on any atom is -0.309 e. The van der Waals surface area contributed by atoms with E-state index in [-0.39, 0.29) is 0 Å². The fourth-order valence-electron chi connectivity index (χ4n) is 7.42. The lowest BCUT2D eigenvalue weighted by Crippen LogP contribution is -2.11. The minimum absolute atomic E-state index is 1.12. The van der Waals surface area contributed by atoms with Gasteiger partial charge in [-0.2, -0.15) is 0 Å². The highest BCUT2D eigenvalue weighted by Crippen LogP contribution is 2.47. The molecule has 2 heterocycles. The van der Waals surface area contributed by atoms with Crippen LogP contribution in [0.25, 0.3) is 73.4 Å². The molecule has 0 amide bonds. The van der Waals surface area contributed by atoms with Crippen molar-refractivity contribution in [3.63, 3.8) is 0 Å². The highest BCUT2D eigenvalue weighted by atomic mass is 32.1. The molecule has 0 bridgehead atoms. The van der Waals surface area contributed by atoms with Gasteiger partial charge in [0.2, 0.25) is 0 Å². The molecule has 10 aromatic rings.